The molecule has 0 aromatic heterocycles. The van der Waals surface area contributed by atoms with Gasteiger partial charge in [-0.3, -0.25) is 9.59 Å². The summed E-state index contributed by atoms with van der Waals surface area (Å²) in [6.45, 7) is 3.98. The van der Waals surface area contributed by atoms with E-state index in [2.05, 4.69) is 5.32 Å². The largest absolute Gasteiger partial charge is 0.481 e. The predicted octanol–water partition coefficient (Wildman–Crippen LogP) is 3.45. The molecule has 0 heterocycles. The molecule has 2 rings (SSSR count). The maximum absolute atomic E-state index is 13.8. The van der Waals surface area contributed by atoms with Gasteiger partial charge in [0.25, 0.3) is 0 Å². The van der Waals surface area contributed by atoms with Crippen LogP contribution in [-0.4, -0.2) is 23.5 Å². The summed E-state index contributed by atoms with van der Waals surface area (Å²) in [6.07, 6.45) is 1.04. The molecule has 4 nitrogen and oxygen atoms in total. The van der Waals surface area contributed by atoms with Crippen LogP contribution in [0.1, 0.15) is 38.2 Å². The van der Waals surface area contributed by atoms with Crippen LogP contribution in [0.2, 0.25) is 5.02 Å². The van der Waals surface area contributed by atoms with E-state index in [0.717, 1.165) is 0 Å². The van der Waals surface area contributed by atoms with Crippen LogP contribution in [0.3, 0.4) is 0 Å². The highest BCUT2D eigenvalue weighted by Gasteiger charge is 2.46. The number of nitrogens with one attached hydrogen (secondary N) is 1. The number of carboxylic acid groups (broad SMARTS) is 1. The normalized spacial score (nSPS) is 21.1. The van der Waals surface area contributed by atoms with E-state index < -0.39 is 17.7 Å². The maximum atomic E-state index is 13.8. The number of hydrogen-bond acceptors (Lipinski definition) is 2. The Hall–Kier alpha value is -1.62. The molecule has 1 aliphatic rings. The average Bonchev–Trinajstić information content (AvgIpc) is 3.22. The van der Waals surface area contributed by atoms with Crippen molar-refractivity contribution < 1.29 is 19.1 Å². The van der Waals surface area contributed by atoms with E-state index in [9.17, 15) is 19.1 Å². The quantitative estimate of drug-likeness (QED) is 0.798. The number of amides is 1. The maximum Gasteiger partial charge on any atom is 0.308 e. The fourth-order valence-corrected chi connectivity index (χ4v) is 3.17. The van der Waals surface area contributed by atoms with Crippen LogP contribution < -0.4 is 5.32 Å². The monoisotopic (exact) mass is 341 g/mol. The molecule has 126 valence electrons. The molecule has 1 aromatic carbocycles. The first-order valence-corrected chi connectivity index (χ1v) is 8.13. The minimum absolute atomic E-state index is 0.0978. The Labute approximate surface area is 140 Å². The van der Waals surface area contributed by atoms with Gasteiger partial charge in [-0.15, -0.1) is 0 Å². The molecule has 1 fully saturated rings. The van der Waals surface area contributed by atoms with E-state index >= 15 is 0 Å². The van der Waals surface area contributed by atoms with Crippen molar-refractivity contribution in [3.05, 3.63) is 34.6 Å². The van der Waals surface area contributed by atoms with Gasteiger partial charge in [-0.05, 0) is 30.9 Å². The van der Waals surface area contributed by atoms with Gasteiger partial charge < -0.3 is 10.4 Å². The lowest BCUT2D eigenvalue weighted by Gasteiger charge is -2.15. The van der Waals surface area contributed by atoms with Crippen molar-refractivity contribution in [1.82, 2.24) is 5.32 Å². The molecule has 1 aromatic rings. The minimum atomic E-state index is -0.913. The third-order valence-electron chi connectivity index (χ3n) is 4.13. The van der Waals surface area contributed by atoms with Crippen molar-refractivity contribution in [2.45, 2.75) is 32.6 Å². The first kappa shape index (κ1) is 17.7. The second-order valence-corrected chi connectivity index (χ2v) is 6.90. The zero-order chi connectivity index (χ0) is 17.1. The molecule has 6 heteroatoms. The van der Waals surface area contributed by atoms with Gasteiger partial charge in [0, 0.05) is 29.0 Å². The molecule has 23 heavy (non-hydrogen) atoms. The molecule has 1 amide bonds. The fraction of sp³-hybridized carbons (Fsp3) is 0.529. The summed E-state index contributed by atoms with van der Waals surface area (Å²) < 4.78 is 13.8. The lowest BCUT2D eigenvalue weighted by molar-refractivity contribution is -0.142. The highest BCUT2D eigenvalue weighted by atomic mass is 35.5. The molecule has 0 aliphatic heterocycles. The minimum Gasteiger partial charge on any atom is -0.481 e. The Morgan fingerprint density at radius 1 is 1.43 bits per heavy atom. The highest BCUT2D eigenvalue weighted by Crippen LogP contribution is 2.50. The third kappa shape index (κ3) is 4.44. The van der Waals surface area contributed by atoms with Crippen LogP contribution in [0.25, 0.3) is 0 Å². The van der Waals surface area contributed by atoms with Crippen molar-refractivity contribution in [2.24, 2.45) is 17.8 Å². The Kier molecular flexibility index (Phi) is 5.63. The van der Waals surface area contributed by atoms with Crippen LogP contribution in [0.5, 0.6) is 0 Å². The number of carbonyl (C=O) groups excluding carboxylic acids is 1. The summed E-state index contributed by atoms with van der Waals surface area (Å²) in [7, 11) is 0. The van der Waals surface area contributed by atoms with Gasteiger partial charge in [0.15, 0.2) is 0 Å². The predicted molar refractivity (Wildman–Crippen MR) is 85.8 cm³/mol. The second kappa shape index (κ2) is 7.30. The van der Waals surface area contributed by atoms with Gasteiger partial charge in [0.2, 0.25) is 5.91 Å². The Morgan fingerprint density at radius 3 is 2.70 bits per heavy atom. The molecule has 0 radical (unpaired) electrons. The average molecular weight is 342 g/mol. The highest BCUT2D eigenvalue weighted by molar-refractivity contribution is 6.31. The number of carboxylic acids is 1. The van der Waals surface area contributed by atoms with Crippen molar-refractivity contribution in [3.63, 3.8) is 0 Å². The third-order valence-corrected chi connectivity index (χ3v) is 4.46. The number of aliphatic carboxylic acids is 1. The number of halogens is 2. The van der Waals surface area contributed by atoms with Gasteiger partial charge in [-0.25, -0.2) is 4.39 Å². The van der Waals surface area contributed by atoms with Crippen molar-refractivity contribution in [1.29, 1.82) is 0 Å². The van der Waals surface area contributed by atoms with Crippen LogP contribution in [-0.2, 0) is 9.59 Å². The van der Waals surface area contributed by atoms with E-state index in [1.807, 2.05) is 13.8 Å². The zero-order valence-corrected chi connectivity index (χ0v) is 13.9. The van der Waals surface area contributed by atoms with Gasteiger partial charge in [-0.1, -0.05) is 31.5 Å². The summed E-state index contributed by atoms with van der Waals surface area (Å²) in [5.41, 5.74) is 0.381. The van der Waals surface area contributed by atoms with Gasteiger partial charge >= 0.3 is 5.97 Å². The molecule has 0 spiro atoms. The van der Waals surface area contributed by atoms with Gasteiger partial charge in [0.05, 0.1) is 5.92 Å². The number of hydrogen-bond donors (Lipinski definition) is 2. The van der Waals surface area contributed by atoms with E-state index in [1.165, 1.54) is 12.1 Å². The van der Waals surface area contributed by atoms with E-state index in [-0.39, 0.29) is 30.2 Å². The van der Waals surface area contributed by atoms with Crippen LogP contribution in [0, 0.1) is 23.6 Å². The Balaban J connectivity index is 1.92. The Morgan fingerprint density at radius 2 is 2.13 bits per heavy atom. The first-order chi connectivity index (χ1) is 10.8. The summed E-state index contributed by atoms with van der Waals surface area (Å²) in [5.74, 6) is -2.48. The van der Waals surface area contributed by atoms with Crippen molar-refractivity contribution in [2.75, 3.05) is 6.54 Å². The molecular formula is C17H21ClFNO3. The van der Waals surface area contributed by atoms with Crippen LogP contribution >= 0.6 is 11.6 Å². The summed E-state index contributed by atoms with van der Waals surface area (Å²) in [5, 5.41) is 12.2. The zero-order valence-electron chi connectivity index (χ0n) is 13.2. The van der Waals surface area contributed by atoms with Crippen molar-refractivity contribution >= 4 is 23.5 Å². The molecule has 2 N–H and O–H groups in total. The molecule has 0 saturated heterocycles. The lowest BCUT2D eigenvalue weighted by atomic mass is 9.97. The van der Waals surface area contributed by atoms with E-state index in [4.69, 9.17) is 11.6 Å². The smallest absolute Gasteiger partial charge is 0.308 e. The molecule has 1 saturated carbocycles. The standard InChI is InChI=1S/C17H21ClFNO3/c1-9(2)6-10(17(22)23)8-20-16(21)12-7-11(12)15-13(18)4-3-5-14(15)19/h3-5,9-12H,6-8H2,1-2H3,(H,20,21)(H,22,23). The van der Waals surface area contributed by atoms with Gasteiger partial charge in [0.1, 0.15) is 5.82 Å². The summed E-state index contributed by atoms with van der Waals surface area (Å²) >= 11 is 6.01. The SMILES string of the molecule is CC(C)CC(CNC(=O)C1CC1c1c(F)cccc1Cl)C(=O)O. The molecule has 3 atom stereocenters. The molecule has 3 unspecified atom stereocenters. The fourth-order valence-electron chi connectivity index (χ4n) is 2.86. The lowest BCUT2D eigenvalue weighted by Crippen LogP contribution is -2.34. The summed E-state index contributed by atoms with van der Waals surface area (Å²) in [4.78, 5) is 23.3. The first-order valence-electron chi connectivity index (χ1n) is 7.75. The Bertz CT molecular complexity index is 585. The van der Waals surface area contributed by atoms with Crippen LogP contribution in [0.4, 0.5) is 4.39 Å². The molecule has 0 bridgehead atoms. The van der Waals surface area contributed by atoms with Gasteiger partial charge in [-0.2, -0.15) is 0 Å². The molecule has 1 aliphatic carbocycles. The molecular weight excluding hydrogens is 321 g/mol. The second-order valence-electron chi connectivity index (χ2n) is 6.49. The number of benzene rings is 1. The number of carbonyl (C=O) groups is 2. The van der Waals surface area contributed by atoms with E-state index in [1.54, 1.807) is 6.07 Å². The van der Waals surface area contributed by atoms with Crippen molar-refractivity contribution in [3.8, 4) is 0 Å². The number of rotatable bonds is 7. The van der Waals surface area contributed by atoms with E-state index in [0.29, 0.717) is 23.4 Å². The summed E-state index contributed by atoms with van der Waals surface area (Å²) in [6, 6.07) is 4.47. The van der Waals surface area contributed by atoms with Crippen LogP contribution in [0.15, 0.2) is 18.2 Å². The topological polar surface area (TPSA) is 66.4 Å².